The molecule has 0 aromatic carbocycles. The smallest absolute Gasteiger partial charge is 0.110 e. The summed E-state index contributed by atoms with van der Waals surface area (Å²) in [7, 11) is 0. The van der Waals surface area contributed by atoms with Crippen LogP contribution < -0.4 is 5.48 Å². The van der Waals surface area contributed by atoms with Crippen molar-refractivity contribution in [1.82, 2.24) is 5.48 Å². The van der Waals surface area contributed by atoms with Gasteiger partial charge in [-0.25, -0.2) is 0 Å². The monoisotopic (exact) mass is 141 g/mol. The molecule has 0 bridgehead atoms. The van der Waals surface area contributed by atoms with Crippen LogP contribution in [0.15, 0.2) is 11.8 Å². The Labute approximate surface area is 62.2 Å². The van der Waals surface area contributed by atoms with Gasteiger partial charge in [-0.1, -0.05) is 13.3 Å². The Kier molecular flexibility index (Phi) is 2.00. The molecule has 0 aromatic rings. The van der Waals surface area contributed by atoms with Gasteiger partial charge in [-0.2, -0.15) is 0 Å². The number of rotatable bonds is 2. The molecular weight excluding hydrogens is 126 g/mol. The third-order valence-corrected chi connectivity index (χ3v) is 1.49. The summed E-state index contributed by atoms with van der Waals surface area (Å²) in [5.74, 6) is 0. The molecule has 2 heteroatoms. The third kappa shape index (κ3) is 1.74. The molecule has 0 spiro atoms. The van der Waals surface area contributed by atoms with Crippen LogP contribution in [0.25, 0.3) is 0 Å². The SMILES string of the molecule is CCCC1=CC(C)(C)ON1. The summed E-state index contributed by atoms with van der Waals surface area (Å²) in [5, 5.41) is 0. The van der Waals surface area contributed by atoms with Crippen LogP contribution in [-0.2, 0) is 4.84 Å². The fourth-order valence-electron chi connectivity index (χ4n) is 1.07. The molecule has 2 nitrogen and oxygen atoms in total. The molecule has 0 saturated heterocycles. The molecule has 0 atom stereocenters. The van der Waals surface area contributed by atoms with E-state index >= 15 is 0 Å². The van der Waals surface area contributed by atoms with Gasteiger partial charge < -0.3 is 0 Å². The predicted molar refractivity (Wildman–Crippen MR) is 41.3 cm³/mol. The molecule has 10 heavy (non-hydrogen) atoms. The number of hydrogen-bond donors (Lipinski definition) is 1. The molecule has 0 fully saturated rings. The van der Waals surface area contributed by atoms with E-state index in [1.165, 1.54) is 5.70 Å². The highest BCUT2D eigenvalue weighted by Gasteiger charge is 2.22. The Morgan fingerprint density at radius 2 is 2.30 bits per heavy atom. The van der Waals surface area contributed by atoms with Crippen molar-refractivity contribution in [3.63, 3.8) is 0 Å². The van der Waals surface area contributed by atoms with Crippen molar-refractivity contribution in [2.45, 2.75) is 39.2 Å². The first kappa shape index (κ1) is 7.61. The van der Waals surface area contributed by atoms with Crippen molar-refractivity contribution >= 4 is 0 Å². The zero-order chi connectivity index (χ0) is 7.61. The van der Waals surface area contributed by atoms with Crippen molar-refractivity contribution in [3.8, 4) is 0 Å². The van der Waals surface area contributed by atoms with Gasteiger partial charge in [0.2, 0.25) is 0 Å². The second-order valence-corrected chi connectivity index (χ2v) is 3.23. The minimum Gasteiger partial charge on any atom is -0.270 e. The third-order valence-electron chi connectivity index (χ3n) is 1.49. The number of nitrogens with one attached hydrogen (secondary N) is 1. The first-order valence-corrected chi connectivity index (χ1v) is 3.80. The van der Waals surface area contributed by atoms with E-state index < -0.39 is 0 Å². The first-order chi connectivity index (χ1) is 4.64. The van der Waals surface area contributed by atoms with Crippen LogP contribution in [-0.4, -0.2) is 5.60 Å². The lowest BCUT2D eigenvalue weighted by molar-refractivity contribution is -0.0160. The fraction of sp³-hybridized carbons (Fsp3) is 0.750. The molecule has 1 aliphatic heterocycles. The van der Waals surface area contributed by atoms with Gasteiger partial charge in [-0.3, -0.25) is 10.3 Å². The highest BCUT2D eigenvalue weighted by Crippen LogP contribution is 2.20. The lowest BCUT2D eigenvalue weighted by Gasteiger charge is -2.11. The molecule has 0 aliphatic carbocycles. The van der Waals surface area contributed by atoms with E-state index in [2.05, 4.69) is 18.5 Å². The van der Waals surface area contributed by atoms with Gasteiger partial charge in [0, 0.05) is 5.70 Å². The van der Waals surface area contributed by atoms with E-state index in [9.17, 15) is 0 Å². The van der Waals surface area contributed by atoms with Crippen molar-refractivity contribution in [2.24, 2.45) is 0 Å². The van der Waals surface area contributed by atoms with Gasteiger partial charge in [-0.05, 0) is 26.3 Å². The Balaban J connectivity index is 2.49. The maximum atomic E-state index is 5.26. The van der Waals surface area contributed by atoms with Gasteiger partial charge in [0.25, 0.3) is 0 Å². The van der Waals surface area contributed by atoms with Crippen LogP contribution >= 0.6 is 0 Å². The normalized spacial score (nSPS) is 22.1. The van der Waals surface area contributed by atoms with Crippen LogP contribution in [0.2, 0.25) is 0 Å². The Morgan fingerprint density at radius 1 is 1.60 bits per heavy atom. The van der Waals surface area contributed by atoms with Crippen molar-refractivity contribution in [1.29, 1.82) is 0 Å². The molecule has 0 saturated carbocycles. The van der Waals surface area contributed by atoms with Crippen molar-refractivity contribution in [2.75, 3.05) is 0 Å². The van der Waals surface area contributed by atoms with Gasteiger partial charge in [-0.15, -0.1) is 0 Å². The molecule has 58 valence electrons. The average molecular weight is 141 g/mol. The standard InChI is InChI=1S/C8H15NO/c1-4-5-7-6-8(2,3)10-9-7/h6,9H,4-5H2,1-3H3. The summed E-state index contributed by atoms with van der Waals surface area (Å²) in [6.07, 6.45) is 4.39. The predicted octanol–water partition coefficient (Wildman–Crippen LogP) is 1.98. The number of hydroxylamine groups is 1. The zero-order valence-electron chi connectivity index (χ0n) is 6.90. The van der Waals surface area contributed by atoms with Crippen LogP contribution in [0.1, 0.15) is 33.6 Å². The van der Waals surface area contributed by atoms with Gasteiger partial charge in [0.05, 0.1) is 0 Å². The number of hydrogen-bond acceptors (Lipinski definition) is 2. The quantitative estimate of drug-likeness (QED) is 0.635. The Bertz CT molecular complexity index is 149. The molecule has 0 unspecified atom stereocenters. The fourth-order valence-corrected chi connectivity index (χ4v) is 1.07. The summed E-state index contributed by atoms with van der Waals surface area (Å²) in [6, 6.07) is 0. The minimum absolute atomic E-state index is 0.107. The van der Waals surface area contributed by atoms with Crippen LogP contribution in [0, 0.1) is 0 Å². The van der Waals surface area contributed by atoms with Crippen LogP contribution in [0.3, 0.4) is 0 Å². The Hall–Kier alpha value is -0.500. The number of allylic oxidation sites excluding steroid dienone is 1. The van der Waals surface area contributed by atoms with E-state index in [1.54, 1.807) is 0 Å². The van der Waals surface area contributed by atoms with Gasteiger partial charge in [0.15, 0.2) is 0 Å². The van der Waals surface area contributed by atoms with Gasteiger partial charge in [0.1, 0.15) is 5.60 Å². The molecule has 1 N–H and O–H groups in total. The average Bonchev–Trinajstić information content (AvgIpc) is 2.12. The second-order valence-electron chi connectivity index (χ2n) is 3.23. The highest BCUT2D eigenvalue weighted by atomic mass is 16.7. The summed E-state index contributed by atoms with van der Waals surface area (Å²) in [5.41, 5.74) is 4.02. The lowest BCUT2D eigenvalue weighted by Crippen LogP contribution is -2.20. The van der Waals surface area contributed by atoms with Gasteiger partial charge >= 0.3 is 0 Å². The topological polar surface area (TPSA) is 21.3 Å². The molecule has 0 aromatic heterocycles. The van der Waals surface area contributed by atoms with Crippen LogP contribution in [0.4, 0.5) is 0 Å². The molecule has 1 heterocycles. The zero-order valence-corrected chi connectivity index (χ0v) is 6.90. The summed E-state index contributed by atoms with van der Waals surface area (Å²) in [4.78, 5) is 5.26. The first-order valence-electron chi connectivity index (χ1n) is 3.80. The summed E-state index contributed by atoms with van der Waals surface area (Å²) in [6.45, 7) is 6.25. The second kappa shape index (κ2) is 2.62. The molecule has 1 rings (SSSR count). The highest BCUT2D eigenvalue weighted by molar-refractivity contribution is 5.10. The Morgan fingerprint density at radius 3 is 2.70 bits per heavy atom. The largest absolute Gasteiger partial charge is 0.270 e. The van der Waals surface area contributed by atoms with E-state index in [1.807, 2.05) is 13.8 Å². The molecule has 1 aliphatic rings. The van der Waals surface area contributed by atoms with Crippen molar-refractivity contribution < 1.29 is 4.84 Å². The molecule has 0 amide bonds. The lowest BCUT2D eigenvalue weighted by atomic mass is 10.1. The van der Waals surface area contributed by atoms with E-state index in [4.69, 9.17) is 4.84 Å². The van der Waals surface area contributed by atoms with E-state index in [-0.39, 0.29) is 5.60 Å². The van der Waals surface area contributed by atoms with Crippen LogP contribution in [0.5, 0.6) is 0 Å². The van der Waals surface area contributed by atoms with E-state index in [0.29, 0.717) is 0 Å². The van der Waals surface area contributed by atoms with E-state index in [0.717, 1.165) is 12.8 Å². The summed E-state index contributed by atoms with van der Waals surface area (Å²) < 4.78 is 0. The maximum Gasteiger partial charge on any atom is 0.110 e. The maximum absolute atomic E-state index is 5.26. The minimum atomic E-state index is -0.107. The molecular formula is C8H15NO. The summed E-state index contributed by atoms with van der Waals surface area (Å²) >= 11 is 0. The van der Waals surface area contributed by atoms with Crippen molar-refractivity contribution in [3.05, 3.63) is 11.8 Å². The molecule has 0 radical (unpaired) electrons.